The molecule has 2 aromatic rings. The van der Waals surface area contributed by atoms with E-state index in [4.69, 9.17) is 0 Å². The summed E-state index contributed by atoms with van der Waals surface area (Å²) in [5.74, 6) is 0. The van der Waals surface area contributed by atoms with E-state index in [1.165, 1.54) is 6.07 Å². The van der Waals surface area contributed by atoms with E-state index < -0.39 is 4.92 Å². The van der Waals surface area contributed by atoms with Crippen molar-refractivity contribution in [3.63, 3.8) is 0 Å². The van der Waals surface area contributed by atoms with Crippen LogP contribution in [0.25, 0.3) is 0 Å². The maximum atomic E-state index is 11.2. The van der Waals surface area contributed by atoms with E-state index in [0.717, 1.165) is 24.3 Å². The lowest BCUT2D eigenvalue weighted by Crippen LogP contribution is -2.21. The summed E-state index contributed by atoms with van der Waals surface area (Å²) in [4.78, 5) is 12.9. The molecule has 0 atom stereocenters. The Labute approximate surface area is 149 Å². The van der Waals surface area contributed by atoms with Gasteiger partial charge < -0.3 is 4.90 Å². The predicted octanol–water partition coefficient (Wildman–Crippen LogP) is 5.75. The van der Waals surface area contributed by atoms with E-state index in [0.29, 0.717) is 11.0 Å². The molecule has 0 bridgehead atoms. The summed E-state index contributed by atoms with van der Waals surface area (Å²) in [6.07, 6.45) is 0. The highest BCUT2D eigenvalue weighted by Gasteiger charge is 2.14. The second-order valence-electron chi connectivity index (χ2n) is 5.07. The number of nitro benzene ring substituents is 1. The Morgan fingerprint density at radius 2 is 1.75 bits per heavy atom. The van der Waals surface area contributed by atoms with Gasteiger partial charge in [0.2, 0.25) is 0 Å². The van der Waals surface area contributed by atoms with Gasteiger partial charge in [0.25, 0.3) is 5.69 Å². The van der Waals surface area contributed by atoms with Crippen LogP contribution in [0.2, 0.25) is 0 Å². The molecule has 126 valence electrons. The van der Waals surface area contributed by atoms with E-state index in [2.05, 4.69) is 44.9 Å². The fourth-order valence-electron chi connectivity index (χ4n) is 2.37. The van der Waals surface area contributed by atoms with Crippen LogP contribution in [0.15, 0.2) is 52.7 Å². The first-order chi connectivity index (χ1) is 11.6. The van der Waals surface area contributed by atoms with E-state index in [1.807, 2.05) is 24.3 Å². The van der Waals surface area contributed by atoms with Crippen LogP contribution in [0.3, 0.4) is 0 Å². The van der Waals surface area contributed by atoms with Crippen molar-refractivity contribution >= 4 is 38.7 Å². The Balaban J connectivity index is 2.43. The topological polar surface area (TPSA) is 71.1 Å². The number of nitrogens with zero attached hydrogens (tertiary/aromatic N) is 4. The highest BCUT2D eigenvalue weighted by atomic mass is 79.9. The molecule has 2 aromatic carbocycles. The molecule has 7 heteroatoms. The van der Waals surface area contributed by atoms with Crippen molar-refractivity contribution in [1.29, 1.82) is 0 Å². The van der Waals surface area contributed by atoms with Crippen molar-refractivity contribution in [3.05, 3.63) is 58.1 Å². The summed E-state index contributed by atoms with van der Waals surface area (Å²) >= 11 is 3.35. The molecule has 0 spiro atoms. The Morgan fingerprint density at radius 1 is 1.08 bits per heavy atom. The van der Waals surface area contributed by atoms with Crippen LogP contribution in [0.1, 0.15) is 19.4 Å². The van der Waals surface area contributed by atoms with Gasteiger partial charge in [-0.1, -0.05) is 34.1 Å². The van der Waals surface area contributed by atoms with Crippen molar-refractivity contribution < 1.29 is 4.92 Å². The first-order valence-corrected chi connectivity index (χ1v) is 8.81. The number of nitro groups is 1. The van der Waals surface area contributed by atoms with E-state index >= 15 is 0 Å². The highest BCUT2D eigenvalue weighted by molar-refractivity contribution is 9.08. The predicted molar refractivity (Wildman–Crippen MR) is 99.9 cm³/mol. The van der Waals surface area contributed by atoms with Gasteiger partial charge in [-0.3, -0.25) is 10.1 Å². The lowest BCUT2D eigenvalue weighted by atomic mass is 10.2. The Kier molecular flexibility index (Phi) is 6.43. The molecule has 2 rings (SSSR count). The minimum absolute atomic E-state index is 0.0521. The van der Waals surface area contributed by atoms with Crippen LogP contribution >= 0.6 is 15.9 Å². The number of hydrogen-bond donors (Lipinski definition) is 0. The second kappa shape index (κ2) is 8.54. The van der Waals surface area contributed by atoms with Crippen LogP contribution in [-0.4, -0.2) is 18.0 Å². The van der Waals surface area contributed by atoms with Crippen LogP contribution in [0, 0.1) is 10.1 Å². The summed E-state index contributed by atoms with van der Waals surface area (Å²) < 4.78 is 0. The standard InChI is InChI=1S/C17H19BrN4O2/c1-3-21(4-2)16-8-6-5-7-14(16)19-20-15-11-13(12-18)9-10-17(15)22(23)24/h5-11H,3-4,12H2,1-2H3. The zero-order chi connectivity index (χ0) is 17.5. The number of rotatable bonds is 7. The molecule has 6 nitrogen and oxygen atoms in total. The number of hydrogen-bond acceptors (Lipinski definition) is 5. The first kappa shape index (κ1) is 18.1. The molecule has 0 aromatic heterocycles. The van der Waals surface area contributed by atoms with Gasteiger partial charge in [-0.25, -0.2) is 0 Å². The number of benzene rings is 2. The fraction of sp³-hybridized carbons (Fsp3) is 0.294. The van der Waals surface area contributed by atoms with Crippen molar-refractivity contribution in [2.75, 3.05) is 18.0 Å². The number of alkyl halides is 1. The summed E-state index contributed by atoms with van der Waals surface area (Å²) in [6, 6.07) is 12.5. The number of anilines is 1. The Morgan fingerprint density at radius 3 is 2.38 bits per heavy atom. The largest absolute Gasteiger partial charge is 0.370 e. The molecule has 0 unspecified atom stereocenters. The monoisotopic (exact) mass is 390 g/mol. The highest BCUT2D eigenvalue weighted by Crippen LogP contribution is 2.33. The van der Waals surface area contributed by atoms with Crippen LogP contribution in [0.4, 0.5) is 22.7 Å². The summed E-state index contributed by atoms with van der Waals surface area (Å²) in [6.45, 7) is 5.84. The van der Waals surface area contributed by atoms with Crippen molar-refractivity contribution in [1.82, 2.24) is 0 Å². The van der Waals surface area contributed by atoms with E-state index in [1.54, 1.807) is 12.1 Å². The molecule has 0 fully saturated rings. The first-order valence-electron chi connectivity index (χ1n) is 7.69. The van der Waals surface area contributed by atoms with Crippen molar-refractivity contribution in [2.45, 2.75) is 19.2 Å². The van der Waals surface area contributed by atoms with E-state index in [-0.39, 0.29) is 11.4 Å². The number of halogens is 1. The summed E-state index contributed by atoms with van der Waals surface area (Å²) in [7, 11) is 0. The molecule has 0 radical (unpaired) electrons. The van der Waals surface area contributed by atoms with Gasteiger partial charge in [0.05, 0.1) is 10.6 Å². The molecule has 0 saturated carbocycles. The maximum absolute atomic E-state index is 11.2. The average molecular weight is 391 g/mol. The van der Waals surface area contributed by atoms with Crippen LogP contribution < -0.4 is 4.90 Å². The quantitative estimate of drug-likeness (QED) is 0.261. The molecule has 0 aliphatic carbocycles. The molecule has 0 aliphatic rings. The minimum Gasteiger partial charge on any atom is -0.370 e. The Bertz CT molecular complexity index is 745. The molecular weight excluding hydrogens is 372 g/mol. The van der Waals surface area contributed by atoms with Gasteiger partial charge in [0.1, 0.15) is 5.69 Å². The van der Waals surface area contributed by atoms with Gasteiger partial charge in [0.15, 0.2) is 5.69 Å². The molecule has 0 aliphatic heterocycles. The SMILES string of the molecule is CCN(CC)c1ccccc1N=Nc1cc(CBr)ccc1[N+](=O)[O-]. The maximum Gasteiger partial charge on any atom is 0.296 e. The molecule has 0 amide bonds. The molecule has 24 heavy (non-hydrogen) atoms. The third-order valence-electron chi connectivity index (χ3n) is 3.64. The van der Waals surface area contributed by atoms with Gasteiger partial charge in [-0.2, -0.15) is 0 Å². The average Bonchev–Trinajstić information content (AvgIpc) is 2.61. The molecule has 0 heterocycles. The zero-order valence-corrected chi connectivity index (χ0v) is 15.2. The molecule has 0 saturated heterocycles. The van der Waals surface area contributed by atoms with E-state index in [9.17, 15) is 10.1 Å². The lowest BCUT2D eigenvalue weighted by molar-refractivity contribution is -0.384. The number of para-hydroxylation sites is 1. The van der Waals surface area contributed by atoms with Crippen molar-refractivity contribution in [3.8, 4) is 0 Å². The molecular formula is C17H19BrN4O2. The minimum atomic E-state index is -0.442. The second-order valence-corrected chi connectivity index (χ2v) is 5.64. The van der Waals surface area contributed by atoms with Gasteiger partial charge in [-0.15, -0.1) is 10.2 Å². The smallest absolute Gasteiger partial charge is 0.296 e. The van der Waals surface area contributed by atoms with Crippen molar-refractivity contribution in [2.24, 2.45) is 10.2 Å². The fourth-order valence-corrected chi connectivity index (χ4v) is 2.72. The van der Waals surface area contributed by atoms with Crippen LogP contribution in [-0.2, 0) is 5.33 Å². The van der Waals surface area contributed by atoms with Gasteiger partial charge in [0, 0.05) is 24.5 Å². The van der Waals surface area contributed by atoms with Gasteiger partial charge >= 0.3 is 0 Å². The third-order valence-corrected chi connectivity index (χ3v) is 4.29. The third kappa shape index (κ3) is 4.17. The number of azo groups is 1. The van der Waals surface area contributed by atoms with Crippen LogP contribution in [0.5, 0.6) is 0 Å². The lowest BCUT2D eigenvalue weighted by Gasteiger charge is -2.22. The summed E-state index contributed by atoms with van der Waals surface area (Å²) in [5, 5.41) is 20.2. The molecule has 0 N–H and O–H groups in total. The zero-order valence-electron chi connectivity index (χ0n) is 13.6. The normalized spacial score (nSPS) is 11.0. The Hall–Kier alpha value is -2.28. The van der Waals surface area contributed by atoms with Gasteiger partial charge in [-0.05, 0) is 37.6 Å². The summed E-state index contributed by atoms with van der Waals surface area (Å²) in [5.41, 5.74) is 2.77.